The lowest BCUT2D eigenvalue weighted by atomic mass is 9.97. The molecule has 9 heteroatoms. The van der Waals surface area contributed by atoms with Crippen LogP contribution in [0.3, 0.4) is 0 Å². The summed E-state index contributed by atoms with van der Waals surface area (Å²) in [6.45, 7) is 6.41. The number of hydrogen-bond donors (Lipinski definition) is 0. The number of hydrazone groups is 1. The number of ether oxygens (including phenoxy) is 3. The van der Waals surface area contributed by atoms with Crippen LogP contribution in [0.25, 0.3) is 0 Å². The molecule has 3 aliphatic rings. The van der Waals surface area contributed by atoms with Crippen LogP contribution >= 0.6 is 0 Å². The maximum Gasteiger partial charge on any atom is 0.262 e. The Bertz CT molecular complexity index is 1240. The topological polar surface area (TPSA) is 83.9 Å². The van der Waals surface area contributed by atoms with Gasteiger partial charge in [-0.15, -0.1) is 0 Å². The number of rotatable bonds is 10. The summed E-state index contributed by atoms with van der Waals surface area (Å²) in [7, 11) is 3.24. The van der Waals surface area contributed by atoms with Crippen molar-refractivity contribution in [1.82, 2.24) is 14.8 Å². The van der Waals surface area contributed by atoms with Crippen molar-refractivity contribution in [3.8, 4) is 11.5 Å². The summed E-state index contributed by atoms with van der Waals surface area (Å²) in [6.07, 6.45) is 4.48. The smallest absolute Gasteiger partial charge is 0.262 e. The second kappa shape index (κ2) is 13.5. The molecule has 1 saturated heterocycles. The number of methoxy groups -OCH3 is 2. The second-order valence-corrected chi connectivity index (χ2v) is 11.2. The van der Waals surface area contributed by atoms with E-state index in [1.807, 2.05) is 25.1 Å². The average molecular weight is 563 g/mol. The van der Waals surface area contributed by atoms with Crippen molar-refractivity contribution in [2.75, 3.05) is 60.2 Å². The Kier molecular flexibility index (Phi) is 9.57. The second-order valence-electron chi connectivity index (χ2n) is 11.2. The minimum absolute atomic E-state index is 0.00147. The number of benzene rings is 2. The molecule has 9 nitrogen and oxygen atoms in total. The summed E-state index contributed by atoms with van der Waals surface area (Å²) in [4.78, 5) is 31.8. The monoisotopic (exact) mass is 562 g/mol. The van der Waals surface area contributed by atoms with E-state index in [9.17, 15) is 9.59 Å². The maximum atomic E-state index is 14.0. The van der Waals surface area contributed by atoms with Crippen LogP contribution in [0.15, 0.2) is 47.6 Å². The normalized spacial score (nSPS) is 19.7. The first kappa shape index (κ1) is 29.1. The predicted molar refractivity (Wildman–Crippen MR) is 157 cm³/mol. The number of morpholine rings is 1. The molecule has 220 valence electrons. The number of amides is 2. The molecule has 2 aromatic carbocycles. The van der Waals surface area contributed by atoms with Gasteiger partial charge in [-0.1, -0.05) is 42.7 Å². The molecule has 0 radical (unpaired) electrons. The van der Waals surface area contributed by atoms with E-state index in [2.05, 4.69) is 29.2 Å². The van der Waals surface area contributed by atoms with Crippen molar-refractivity contribution in [3.05, 3.63) is 59.2 Å². The van der Waals surface area contributed by atoms with Crippen LogP contribution in [-0.2, 0) is 14.3 Å². The molecule has 2 aliphatic heterocycles. The van der Waals surface area contributed by atoms with Crippen molar-refractivity contribution in [3.63, 3.8) is 0 Å². The van der Waals surface area contributed by atoms with E-state index in [1.54, 1.807) is 24.1 Å². The van der Waals surface area contributed by atoms with Gasteiger partial charge >= 0.3 is 0 Å². The fraction of sp³-hybridized carbons (Fsp3) is 0.531. The Morgan fingerprint density at radius 1 is 1.02 bits per heavy atom. The molecule has 2 aromatic rings. The summed E-state index contributed by atoms with van der Waals surface area (Å²) in [5.74, 6) is 1.25. The fourth-order valence-corrected chi connectivity index (χ4v) is 6.01. The highest BCUT2D eigenvalue weighted by atomic mass is 16.5. The number of aryl methyl sites for hydroxylation is 1. The number of carbonyl (C=O) groups is 2. The first-order valence-electron chi connectivity index (χ1n) is 14.7. The lowest BCUT2D eigenvalue weighted by Crippen LogP contribution is -2.47. The van der Waals surface area contributed by atoms with E-state index in [1.165, 1.54) is 0 Å². The standard InChI is InChI=1S/C32H42N4O5/c1-23-8-10-24(11-9-23)29-21-28(27-13-12-26(39-2)20-30(27)40-3)33-36(29)31(37)22-35(32(38)25-6-4-5-7-25)15-14-34-16-18-41-19-17-34/h8-13,20,25,29H,4-7,14-19,21-22H2,1-3H3/t29-/m1/s1. The van der Waals surface area contributed by atoms with Gasteiger partial charge in [-0.3, -0.25) is 14.5 Å². The van der Waals surface area contributed by atoms with Gasteiger partial charge in [-0.2, -0.15) is 5.10 Å². The quantitative estimate of drug-likeness (QED) is 0.435. The molecule has 0 spiro atoms. The van der Waals surface area contributed by atoms with Gasteiger partial charge < -0.3 is 19.1 Å². The molecule has 2 heterocycles. The highest BCUT2D eigenvalue weighted by molar-refractivity contribution is 6.05. The highest BCUT2D eigenvalue weighted by Gasteiger charge is 2.36. The zero-order chi connectivity index (χ0) is 28.8. The van der Waals surface area contributed by atoms with Gasteiger partial charge in [0.2, 0.25) is 5.91 Å². The molecule has 1 saturated carbocycles. The summed E-state index contributed by atoms with van der Waals surface area (Å²) in [5, 5.41) is 6.47. The van der Waals surface area contributed by atoms with Crippen LogP contribution in [0.5, 0.6) is 11.5 Å². The summed E-state index contributed by atoms with van der Waals surface area (Å²) >= 11 is 0. The Morgan fingerprint density at radius 2 is 1.76 bits per heavy atom. The molecule has 0 bridgehead atoms. The fourth-order valence-electron chi connectivity index (χ4n) is 6.01. The molecule has 0 N–H and O–H groups in total. The van der Waals surface area contributed by atoms with E-state index in [4.69, 9.17) is 19.3 Å². The molecule has 5 rings (SSSR count). The van der Waals surface area contributed by atoms with Crippen molar-refractivity contribution >= 4 is 17.5 Å². The molecule has 2 fully saturated rings. The van der Waals surface area contributed by atoms with Gasteiger partial charge in [0.15, 0.2) is 0 Å². The number of nitrogens with zero attached hydrogens (tertiary/aromatic N) is 4. The summed E-state index contributed by atoms with van der Waals surface area (Å²) in [6, 6.07) is 13.6. The molecular weight excluding hydrogens is 520 g/mol. The first-order chi connectivity index (χ1) is 20.0. The van der Waals surface area contributed by atoms with Crippen molar-refractivity contribution in [2.45, 2.75) is 45.1 Å². The number of hydrogen-bond acceptors (Lipinski definition) is 7. The SMILES string of the molecule is COc1ccc(C2=NN(C(=O)CN(CCN3CCOCC3)C(=O)C3CCCC3)[C@@H](c3ccc(C)cc3)C2)c(OC)c1. The molecule has 0 unspecified atom stereocenters. The highest BCUT2D eigenvalue weighted by Crippen LogP contribution is 2.36. The van der Waals surface area contributed by atoms with E-state index in [0.717, 1.165) is 67.7 Å². The van der Waals surface area contributed by atoms with E-state index in [0.29, 0.717) is 37.7 Å². The zero-order valence-electron chi connectivity index (χ0n) is 24.5. The van der Waals surface area contributed by atoms with Crippen molar-refractivity contribution in [2.24, 2.45) is 11.0 Å². The number of carbonyl (C=O) groups excluding carboxylic acids is 2. The van der Waals surface area contributed by atoms with E-state index >= 15 is 0 Å². The Hall–Kier alpha value is -3.43. The average Bonchev–Trinajstić information content (AvgIpc) is 3.71. The molecular formula is C32H42N4O5. The van der Waals surface area contributed by atoms with Crippen molar-refractivity contribution in [1.29, 1.82) is 0 Å². The maximum absolute atomic E-state index is 14.0. The van der Waals surface area contributed by atoms with Crippen molar-refractivity contribution < 1.29 is 23.8 Å². The van der Waals surface area contributed by atoms with E-state index < -0.39 is 0 Å². The van der Waals surface area contributed by atoms with Crippen LogP contribution in [0.4, 0.5) is 0 Å². The van der Waals surface area contributed by atoms with Crippen LogP contribution in [-0.4, -0.2) is 92.5 Å². The third-order valence-corrected chi connectivity index (χ3v) is 8.48. The largest absolute Gasteiger partial charge is 0.497 e. The molecule has 1 atom stereocenters. The summed E-state index contributed by atoms with van der Waals surface area (Å²) < 4.78 is 16.5. The molecule has 41 heavy (non-hydrogen) atoms. The third-order valence-electron chi connectivity index (χ3n) is 8.48. The predicted octanol–water partition coefficient (Wildman–Crippen LogP) is 4.04. The minimum Gasteiger partial charge on any atom is -0.497 e. The molecule has 1 aliphatic carbocycles. The van der Waals surface area contributed by atoms with Crippen LogP contribution in [0.1, 0.15) is 54.8 Å². The first-order valence-corrected chi connectivity index (χ1v) is 14.7. The van der Waals surface area contributed by atoms with Crippen LogP contribution in [0.2, 0.25) is 0 Å². The van der Waals surface area contributed by atoms with Gasteiger partial charge in [0.05, 0.1) is 39.2 Å². The van der Waals surface area contributed by atoms with Gasteiger partial charge in [0.1, 0.15) is 18.0 Å². The lowest BCUT2D eigenvalue weighted by Gasteiger charge is -2.32. The van der Waals surface area contributed by atoms with Crippen LogP contribution < -0.4 is 9.47 Å². The van der Waals surface area contributed by atoms with Crippen LogP contribution in [0, 0.1) is 12.8 Å². The molecule has 0 aromatic heterocycles. The Balaban J connectivity index is 1.41. The van der Waals surface area contributed by atoms with Gasteiger partial charge in [0.25, 0.3) is 5.91 Å². The summed E-state index contributed by atoms with van der Waals surface area (Å²) in [5.41, 5.74) is 3.76. The Labute approximate surface area is 243 Å². The van der Waals surface area contributed by atoms with Gasteiger partial charge in [-0.25, -0.2) is 5.01 Å². The van der Waals surface area contributed by atoms with Gasteiger partial charge in [0, 0.05) is 50.1 Å². The third kappa shape index (κ3) is 6.90. The molecule has 2 amide bonds. The minimum atomic E-state index is -0.271. The van der Waals surface area contributed by atoms with E-state index in [-0.39, 0.29) is 30.3 Å². The lowest BCUT2D eigenvalue weighted by molar-refractivity contribution is -0.144. The van der Waals surface area contributed by atoms with Gasteiger partial charge in [-0.05, 0) is 37.5 Å². The Morgan fingerprint density at radius 3 is 2.44 bits per heavy atom. The zero-order valence-corrected chi connectivity index (χ0v) is 24.5.